The number of hydrogen-bond donors (Lipinski definition) is 1. The first-order valence-electron chi connectivity index (χ1n) is 6.26. The lowest BCUT2D eigenvalue weighted by molar-refractivity contribution is -0.387. The van der Waals surface area contributed by atoms with E-state index in [2.05, 4.69) is 5.32 Å². The molecular weight excluding hydrogens is 259 g/mol. The topological polar surface area (TPSA) is 55.2 Å². The van der Waals surface area contributed by atoms with E-state index in [0.29, 0.717) is 12.1 Å². The maximum atomic E-state index is 13.8. The van der Waals surface area contributed by atoms with Crippen LogP contribution in [0.25, 0.3) is 0 Å². The number of nitro benzene ring substituents is 1. The van der Waals surface area contributed by atoms with E-state index in [1.54, 1.807) is 6.07 Å². The average molecular weight is 274 g/mol. The lowest BCUT2D eigenvalue weighted by Crippen LogP contribution is -2.14. The van der Waals surface area contributed by atoms with E-state index >= 15 is 0 Å². The van der Waals surface area contributed by atoms with Crippen LogP contribution in [0.2, 0.25) is 0 Å². The van der Waals surface area contributed by atoms with Gasteiger partial charge in [0.15, 0.2) is 0 Å². The first kappa shape index (κ1) is 14.1. The molecule has 0 aliphatic heterocycles. The first-order valence-corrected chi connectivity index (χ1v) is 6.26. The van der Waals surface area contributed by atoms with Gasteiger partial charge in [0, 0.05) is 24.7 Å². The molecule has 0 spiro atoms. The quantitative estimate of drug-likeness (QED) is 0.672. The number of rotatable bonds is 5. The highest BCUT2D eigenvalue weighted by molar-refractivity contribution is 5.36. The third-order valence-corrected chi connectivity index (χ3v) is 3.02. The van der Waals surface area contributed by atoms with Gasteiger partial charge in [-0.25, -0.2) is 0 Å². The van der Waals surface area contributed by atoms with Crippen LogP contribution in [0.3, 0.4) is 0 Å². The summed E-state index contributed by atoms with van der Waals surface area (Å²) in [6.45, 7) is 2.85. The normalized spacial score (nSPS) is 10.5. The van der Waals surface area contributed by atoms with Crippen LogP contribution in [-0.4, -0.2) is 4.92 Å². The highest BCUT2D eigenvalue weighted by Gasteiger charge is 2.16. The SMILES string of the molecule is Cc1ccc(CNCc2cccc([N+](=O)[O-])c2F)cc1. The summed E-state index contributed by atoms with van der Waals surface area (Å²) in [4.78, 5) is 9.94. The van der Waals surface area contributed by atoms with Gasteiger partial charge in [0.25, 0.3) is 0 Å². The Morgan fingerprint density at radius 1 is 1.15 bits per heavy atom. The van der Waals surface area contributed by atoms with Crippen LogP contribution >= 0.6 is 0 Å². The smallest absolute Gasteiger partial charge is 0.305 e. The van der Waals surface area contributed by atoms with Crippen LogP contribution in [-0.2, 0) is 13.1 Å². The number of nitrogens with one attached hydrogen (secondary N) is 1. The zero-order valence-corrected chi connectivity index (χ0v) is 11.1. The van der Waals surface area contributed by atoms with Crippen molar-refractivity contribution < 1.29 is 9.31 Å². The van der Waals surface area contributed by atoms with E-state index in [-0.39, 0.29) is 6.54 Å². The Kier molecular flexibility index (Phi) is 4.42. The van der Waals surface area contributed by atoms with Gasteiger partial charge >= 0.3 is 5.69 Å². The molecule has 104 valence electrons. The molecule has 0 amide bonds. The maximum Gasteiger partial charge on any atom is 0.305 e. The monoisotopic (exact) mass is 274 g/mol. The molecule has 4 nitrogen and oxygen atoms in total. The summed E-state index contributed by atoms with van der Waals surface area (Å²) in [6.07, 6.45) is 0. The van der Waals surface area contributed by atoms with Crippen molar-refractivity contribution in [2.75, 3.05) is 0 Å². The van der Waals surface area contributed by atoms with Gasteiger partial charge in [0.2, 0.25) is 5.82 Å². The predicted molar refractivity (Wildman–Crippen MR) is 74.8 cm³/mol. The fraction of sp³-hybridized carbons (Fsp3) is 0.200. The molecule has 2 aromatic rings. The number of nitro groups is 1. The summed E-state index contributed by atoms with van der Waals surface area (Å²) >= 11 is 0. The second-order valence-electron chi connectivity index (χ2n) is 4.60. The molecule has 0 saturated heterocycles. The summed E-state index contributed by atoms with van der Waals surface area (Å²) in [5, 5.41) is 13.7. The minimum atomic E-state index is -0.770. The molecule has 0 atom stereocenters. The Bertz CT molecular complexity index is 612. The summed E-state index contributed by atoms with van der Waals surface area (Å²) in [5.74, 6) is -0.770. The summed E-state index contributed by atoms with van der Waals surface area (Å²) in [5.41, 5.74) is 2.07. The van der Waals surface area contributed by atoms with Crippen molar-refractivity contribution >= 4 is 5.69 Å². The molecule has 2 rings (SSSR count). The fourth-order valence-corrected chi connectivity index (χ4v) is 1.89. The minimum Gasteiger partial charge on any atom is -0.309 e. The number of halogens is 1. The van der Waals surface area contributed by atoms with Crippen molar-refractivity contribution in [3.63, 3.8) is 0 Å². The summed E-state index contributed by atoms with van der Waals surface area (Å²) in [7, 11) is 0. The molecule has 20 heavy (non-hydrogen) atoms. The van der Waals surface area contributed by atoms with Crippen LogP contribution < -0.4 is 5.32 Å². The summed E-state index contributed by atoms with van der Waals surface area (Å²) in [6, 6.07) is 12.2. The molecule has 0 heterocycles. The lowest BCUT2D eigenvalue weighted by atomic mass is 10.1. The van der Waals surface area contributed by atoms with Crippen LogP contribution in [0.1, 0.15) is 16.7 Å². The van der Waals surface area contributed by atoms with Crippen molar-refractivity contribution in [1.82, 2.24) is 5.32 Å². The van der Waals surface area contributed by atoms with E-state index in [4.69, 9.17) is 0 Å². The number of hydrogen-bond acceptors (Lipinski definition) is 3. The number of nitrogens with zero attached hydrogens (tertiary/aromatic N) is 1. The average Bonchev–Trinajstić information content (AvgIpc) is 2.42. The van der Waals surface area contributed by atoms with Gasteiger partial charge in [-0.1, -0.05) is 42.0 Å². The standard InChI is InChI=1S/C15H15FN2O2/c1-11-5-7-12(8-6-11)9-17-10-13-3-2-4-14(15(13)16)18(19)20/h2-8,17H,9-10H2,1H3. The van der Waals surface area contributed by atoms with Crippen LogP contribution in [0, 0.1) is 22.9 Å². The minimum absolute atomic E-state index is 0.251. The van der Waals surface area contributed by atoms with Crippen LogP contribution in [0.4, 0.5) is 10.1 Å². The highest BCUT2D eigenvalue weighted by Crippen LogP contribution is 2.20. The third kappa shape index (κ3) is 3.39. The molecule has 2 aromatic carbocycles. The largest absolute Gasteiger partial charge is 0.309 e. The Balaban J connectivity index is 1.99. The Morgan fingerprint density at radius 3 is 2.50 bits per heavy atom. The van der Waals surface area contributed by atoms with Gasteiger partial charge < -0.3 is 5.32 Å². The van der Waals surface area contributed by atoms with Gasteiger partial charge in [0.1, 0.15) is 0 Å². The Hall–Kier alpha value is -2.27. The molecule has 0 aliphatic carbocycles. The zero-order chi connectivity index (χ0) is 14.5. The number of aryl methyl sites for hydroxylation is 1. The molecule has 0 radical (unpaired) electrons. The highest BCUT2D eigenvalue weighted by atomic mass is 19.1. The first-order chi connectivity index (χ1) is 9.58. The van der Waals surface area contributed by atoms with Gasteiger partial charge in [-0.15, -0.1) is 0 Å². The van der Waals surface area contributed by atoms with Crippen molar-refractivity contribution in [3.8, 4) is 0 Å². The molecule has 0 unspecified atom stereocenters. The van der Waals surface area contributed by atoms with E-state index in [0.717, 1.165) is 5.56 Å². The molecule has 0 bridgehead atoms. The molecule has 0 fully saturated rings. The van der Waals surface area contributed by atoms with Crippen molar-refractivity contribution in [3.05, 3.63) is 75.1 Å². The van der Waals surface area contributed by atoms with Gasteiger partial charge in [-0.05, 0) is 12.5 Å². The van der Waals surface area contributed by atoms with E-state index in [1.165, 1.54) is 17.7 Å². The van der Waals surface area contributed by atoms with Gasteiger partial charge in [0.05, 0.1) is 4.92 Å². The Labute approximate surface area is 116 Å². The second kappa shape index (κ2) is 6.25. The molecule has 0 aromatic heterocycles. The van der Waals surface area contributed by atoms with E-state index in [1.807, 2.05) is 31.2 Å². The van der Waals surface area contributed by atoms with Crippen molar-refractivity contribution in [2.24, 2.45) is 0 Å². The third-order valence-electron chi connectivity index (χ3n) is 3.02. The van der Waals surface area contributed by atoms with Crippen LogP contribution in [0.15, 0.2) is 42.5 Å². The fourth-order valence-electron chi connectivity index (χ4n) is 1.89. The molecular formula is C15H15FN2O2. The summed E-state index contributed by atoms with van der Waals surface area (Å²) < 4.78 is 13.8. The van der Waals surface area contributed by atoms with Crippen LogP contribution in [0.5, 0.6) is 0 Å². The number of benzene rings is 2. The Morgan fingerprint density at radius 2 is 1.85 bits per heavy atom. The molecule has 0 saturated carbocycles. The van der Waals surface area contributed by atoms with E-state index < -0.39 is 16.4 Å². The molecule has 1 N–H and O–H groups in total. The van der Waals surface area contributed by atoms with Crippen molar-refractivity contribution in [2.45, 2.75) is 20.0 Å². The van der Waals surface area contributed by atoms with Crippen molar-refractivity contribution in [1.29, 1.82) is 0 Å². The van der Waals surface area contributed by atoms with Gasteiger partial charge in [-0.2, -0.15) is 4.39 Å². The molecule has 0 aliphatic rings. The van der Waals surface area contributed by atoms with Gasteiger partial charge in [-0.3, -0.25) is 10.1 Å². The zero-order valence-electron chi connectivity index (χ0n) is 11.1. The predicted octanol–water partition coefficient (Wildman–Crippen LogP) is 3.33. The second-order valence-corrected chi connectivity index (χ2v) is 4.60. The van der Waals surface area contributed by atoms with E-state index in [9.17, 15) is 14.5 Å². The molecule has 5 heteroatoms. The lowest BCUT2D eigenvalue weighted by Gasteiger charge is -2.06. The maximum absolute atomic E-state index is 13.8.